The number of hydrogen-bond acceptors (Lipinski definition) is 5. The Labute approximate surface area is 153 Å². The Kier molecular flexibility index (Phi) is 6.98. The number of aromatic nitrogens is 1. The number of nitrogens with zero attached hydrogens (tertiary/aromatic N) is 1. The number of hydrogen-bond donors (Lipinski definition) is 2. The van der Waals surface area contributed by atoms with E-state index in [1.165, 1.54) is 16.9 Å². The summed E-state index contributed by atoms with van der Waals surface area (Å²) in [5, 5.41) is 6.58. The Balaban J connectivity index is 0.00000192. The molecule has 0 saturated carbocycles. The van der Waals surface area contributed by atoms with Crippen LogP contribution in [0.2, 0.25) is 0 Å². The van der Waals surface area contributed by atoms with E-state index in [4.69, 9.17) is 4.74 Å². The number of morpholine rings is 1. The molecular weight excluding hydrogens is 402 g/mol. The molecule has 23 heavy (non-hydrogen) atoms. The first-order valence-corrected chi connectivity index (χ1v) is 8.64. The molecule has 1 aromatic carbocycles. The van der Waals surface area contributed by atoms with Crippen molar-refractivity contribution in [2.24, 2.45) is 0 Å². The number of rotatable bonds is 4. The molecule has 3 rings (SSSR count). The zero-order valence-electron chi connectivity index (χ0n) is 12.3. The van der Waals surface area contributed by atoms with Crippen LogP contribution in [-0.2, 0) is 16.0 Å². The van der Waals surface area contributed by atoms with Crippen LogP contribution in [0.5, 0.6) is 0 Å². The second-order valence-corrected chi connectivity index (χ2v) is 7.02. The monoisotopic (exact) mass is 417 g/mol. The normalized spacial score (nSPS) is 17.3. The fourth-order valence-corrected chi connectivity index (χ4v) is 3.28. The van der Waals surface area contributed by atoms with Crippen LogP contribution in [0, 0.1) is 0 Å². The zero-order valence-corrected chi connectivity index (χ0v) is 15.5. The quantitative estimate of drug-likeness (QED) is 0.801. The van der Waals surface area contributed by atoms with Crippen molar-refractivity contribution in [2.75, 3.05) is 25.0 Å². The van der Waals surface area contributed by atoms with Crippen molar-refractivity contribution < 1.29 is 9.53 Å². The van der Waals surface area contributed by atoms with Gasteiger partial charge >= 0.3 is 0 Å². The van der Waals surface area contributed by atoms with Gasteiger partial charge in [-0.2, -0.15) is 0 Å². The van der Waals surface area contributed by atoms with E-state index >= 15 is 0 Å². The summed E-state index contributed by atoms with van der Waals surface area (Å²) in [5.41, 5.74) is 1.21. The molecule has 0 aliphatic carbocycles. The Bertz CT molecular complexity index is 644. The third-order valence-corrected chi connectivity index (χ3v) is 4.74. The highest BCUT2D eigenvalue weighted by molar-refractivity contribution is 9.10. The van der Waals surface area contributed by atoms with Gasteiger partial charge in [0, 0.05) is 35.1 Å². The smallest absolute Gasteiger partial charge is 0.256 e. The lowest BCUT2D eigenvalue weighted by Gasteiger charge is -2.22. The SMILES string of the molecule is Cl.O=C(Nc1ncc(Cc2ccc(Br)cc2)s1)C1CNCCO1. The van der Waals surface area contributed by atoms with Crippen LogP contribution in [-0.4, -0.2) is 36.7 Å². The van der Waals surface area contributed by atoms with Gasteiger partial charge in [0.1, 0.15) is 6.10 Å². The number of amides is 1. The molecule has 1 aliphatic heterocycles. The first-order chi connectivity index (χ1) is 10.7. The standard InChI is InChI=1S/C15H16BrN3O2S.ClH/c16-11-3-1-10(2-4-11)7-12-8-18-15(22-12)19-14(20)13-9-17-5-6-21-13;/h1-4,8,13,17H,5-7,9H2,(H,18,19,20);1H. The number of halogens is 2. The summed E-state index contributed by atoms with van der Waals surface area (Å²) < 4.78 is 6.49. The number of carbonyl (C=O) groups is 1. The predicted molar refractivity (Wildman–Crippen MR) is 97.5 cm³/mol. The molecule has 2 aromatic rings. The van der Waals surface area contributed by atoms with Crippen molar-refractivity contribution in [3.8, 4) is 0 Å². The van der Waals surface area contributed by atoms with E-state index in [2.05, 4.69) is 43.7 Å². The van der Waals surface area contributed by atoms with Crippen LogP contribution in [0.1, 0.15) is 10.4 Å². The maximum absolute atomic E-state index is 12.1. The van der Waals surface area contributed by atoms with Crippen LogP contribution in [0.15, 0.2) is 34.9 Å². The number of benzene rings is 1. The molecule has 1 unspecified atom stereocenters. The van der Waals surface area contributed by atoms with Gasteiger partial charge in [-0.1, -0.05) is 28.1 Å². The Morgan fingerprint density at radius 3 is 2.91 bits per heavy atom. The molecule has 1 aromatic heterocycles. The predicted octanol–water partition coefficient (Wildman–Crippen LogP) is 2.85. The maximum Gasteiger partial charge on any atom is 0.256 e. The summed E-state index contributed by atoms with van der Waals surface area (Å²) in [6.07, 6.45) is 2.18. The molecule has 1 aliphatic rings. The van der Waals surface area contributed by atoms with Gasteiger partial charge in [-0.05, 0) is 17.7 Å². The molecule has 1 saturated heterocycles. The van der Waals surface area contributed by atoms with Crippen molar-refractivity contribution in [3.63, 3.8) is 0 Å². The van der Waals surface area contributed by atoms with Gasteiger partial charge in [0.2, 0.25) is 0 Å². The summed E-state index contributed by atoms with van der Waals surface area (Å²) in [7, 11) is 0. The zero-order chi connectivity index (χ0) is 15.4. The molecule has 2 N–H and O–H groups in total. The second kappa shape index (κ2) is 8.75. The minimum Gasteiger partial charge on any atom is -0.366 e. The first-order valence-electron chi connectivity index (χ1n) is 7.03. The number of anilines is 1. The lowest BCUT2D eigenvalue weighted by Crippen LogP contribution is -2.45. The number of thiazole rings is 1. The number of carbonyl (C=O) groups excluding carboxylic acids is 1. The maximum atomic E-state index is 12.1. The highest BCUT2D eigenvalue weighted by Gasteiger charge is 2.22. The van der Waals surface area contributed by atoms with Gasteiger partial charge in [0.25, 0.3) is 5.91 Å². The molecule has 124 valence electrons. The molecule has 1 atom stereocenters. The van der Waals surface area contributed by atoms with Crippen molar-refractivity contribution in [3.05, 3.63) is 45.4 Å². The molecule has 0 radical (unpaired) electrons. The minimum absolute atomic E-state index is 0. The van der Waals surface area contributed by atoms with Gasteiger partial charge in [0.15, 0.2) is 5.13 Å². The second-order valence-electron chi connectivity index (χ2n) is 4.99. The van der Waals surface area contributed by atoms with Gasteiger partial charge in [0.05, 0.1) is 6.61 Å². The lowest BCUT2D eigenvalue weighted by molar-refractivity contribution is -0.128. The van der Waals surface area contributed by atoms with E-state index in [0.717, 1.165) is 22.3 Å². The molecule has 5 nitrogen and oxygen atoms in total. The summed E-state index contributed by atoms with van der Waals surface area (Å²) in [5.74, 6) is -0.142. The van der Waals surface area contributed by atoms with Gasteiger partial charge in [-0.15, -0.1) is 23.7 Å². The molecule has 0 bridgehead atoms. The molecule has 1 fully saturated rings. The average molecular weight is 419 g/mol. The molecule has 1 amide bonds. The van der Waals surface area contributed by atoms with Crippen molar-refractivity contribution >= 4 is 50.7 Å². The minimum atomic E-state index is -0.437. The summed E-state index contributed by atoms with van der Waals surface area (Å²) in [6.45, 7) is 1.89. The Morgan fingerprint density at radius 2 is 2.22 bits per heavy atom. The molecule has 2 heterocycles. The topological polar surface area (TPSA) is 63.2 Å². The van der Waals surface area contributed by atoms with Crippen LogP contribution in [0.25, 0.3) is 0 Å². The highest BCUT2D eigenvalue weighted by Crippen LogP contribution is 2.22. The summed E-state index contributed by atoms with van der Waals surface area (Å²) in [4.78, 5) is 17.4. The van der Waals surface area contributed by atoms with Crippen LogP contribution in [0.4, 0.5) is 5.13 Å². The fourth-order valence-electron chi connectivity index (χ4n) is 2.17. The van der Waals surface area contributed by atoms with Crippen LogP contribution < -0.4 is 10.6 Å². The van der Waals surface area contributed by atoms with E-state index in [9.17, 15) is 4.79 Å². The van der Waals surface area contributed by atoms with E-state index in [1.807, 2.05) is 18.3 Å². The third-order valence-electron chi connectivity index (χ3n) is 3.30. The van der Waals surface area contributed by atoms with E-state index in [1.54, 1.807) is 0 Å². The Morgan fingerprint density at radius 1 is 1.43 bits per heavy atom. The van der Waals surface area contributed by atoms with E-state index < -0.39 is 6.10 Å². The van der Waals surface area contributed by atoms with Crippen molar-refractivity contribution in [1.29, 1.82) is 0 Å². The largest absolute Gasteiger partial charge is 0.366 e. The summed E-state index contributed by atoms with van der Waals surface area (Å²) >= 11 is 4.92. The van der Waals surface area contributed by atoms with Gasteiger partial charge in [-0.25, -0.2) is 4.98 Å². The highest BCUT2D eigenvalue weighted by atomic mass is 79.9. The first kappa shape index (κ1) is 18.4. The number of ether oxygens (including phenoxy) is 1. The molecule has 8 heteroatoms. The van der Waals surface area contributed by atoms with Crippen LogP contribution in [0.3, 0.4) is 0 Å². The van der Waals surface area contributed by atoms with Crippen molar-refractivity contribution in [1.82, 2.24) is 10.3 Å². The fraction of sp³-hybridized carbons (Fsp3) is 0.333. The van der Waals surface area contributed by atoms with E-state index in [-0.39, 0.29) is 18.3 Å². The van der Waals surface area contributed by atoms with E-state index in [0.29, 0.717) is 18.3 Å². The third kappa shape index (κ3) is 5.26. The van der Waals surface area contributed by atoms with Crippen LogP contribution >= 0.6 is 39.7 Å². The Hall–Kier alpha value is -0.990. The van der Waals surface area contributed by atoms with Gasteiger partial charge < -0.3 is 10.1 Å². The number of nitrogens with one attached hydrogen (secondary N) is 2. The van der Waals surface area contributed by atoms with Gasteiger partial charge in [-0.3, -0.25) is 10.1 Å². The molecular formula is C15H17BrClN3O2S. The average Bonchev–Trinajstić information content (AvgIpc) is 2.97. The summed E-state index contributed by atoms with van der Waals surface area (Å²) in [6, 6.07) is 8.19. The molecule has 0 spiro atoms. The van der Waals surface area contributed by atoms with Crippen molar-refractivity contribution in [2.45, 2.75) is 12.5 Å². The lowest BCUT2D eigenvalue weighted by atomic mass is 10.1.